The zero-order valence-corrected chi connectivity index (χ0v) is 15.7. The summed E-state index contributed by atoms with van der Waals surface area (Å²) < 4.78 is 37.0. The first-order chi connectivity index (χ1) is 12.9. The molecular formula is C22H21F3OS. The predicted molar refractivity (Wildman–Crippen MR) is 104 cm³/mol. The topological polar surface area (TPSA) is 17.1 Å². The number of ketones is 1. The van der Waals surface area contributed by atoms with Gasteiger partial charge in [0.05, 0.1) is 0 Å². The zero-order chi connectivity index (χ0) is 19.3. The monoisotopic (exact) mass is 390 g/mol. The van der Waals surface area contributed by atoms with E-state index < -0.39 is 5.51 Å². The molecule has 0 aliphatic heterocycles. The van der Waals surface area contributed by atoms with Crippen molar-refractivity contribution in [2.45, 2.75) is 48.4 Å². The van der Waals surface area contributed by atoms with E-state index in [4.69, 9.17) is 0 Å². The minimum atomic E-state index is -4.32. The number of benzene rings is 2. The summed E-state index contributed by atoms with van der Waals surface area (Å²) in [4.78, 5) is 12.3. The van der Waals surface area contributed by atoms with Gasteiger partial charge in [0.1, 0.15) is 0 Å². The van der Waals surface area contributed by atoms with Crippen LogP contribution in [0.3, 0.4) is 0 Å². The van der Waals surface area contributed by atoms with Crippen LogP contribution in [0.15, 0.2) is 59.5 Å². The van der Waals surface area contributed by atoms with Crippen molar-refractivity contribution in [3.8, 4) is 0 Å². The average molecular weight is 390 g/mol. The van der Waals surface area contributed by atoms with E-state index in [1.165, 1.54) is 68.0 Å². The summed E-state index contributed by atoms with van der Waals surface area (Å²) in [6.45, 7) is 0. The first-order valence-corrected chi connectivity index (χ1v) is 9.90. The second-order valence-electron chi connectivity index (χ2n) is 6.77. The zero-order valence-electron chi connectivity index (χ0n) is 14.8. The number of carbonyl (C=O) groups excluding carboxylic acids is 1. The molecule has 1 saturated carbocycles. The van der Waals surface area contributed by atoms with Crippen LogP contribution in [0.4, 0.5) is 13.2 Å². The largest absolute Gasteiger partial charge is 0.446 e. The first-order valence-electron chi connectivity index (χ1n) is 9.09. The number of carbonyl (C=O) groups is 1. The van der Waals surface area contributed by atoms with E-state index in [-0.39, 0.29) is 22.4 Å². The number of halogens is 3. The number of allylic oxidation sites excluding steroid dienone is 1. The highest BCUT2D eigenvalue weighted by molar-refractivity contribution is 8.00. The molecule has 3 rings (SSSR count). The first kappa shape index (κ1) is 19.7. The normalized spacial score (nSPS) is 16.0. The molecule has 142 valence electrons. The Labute approximate surface area is 161 Å². The predicted octanol–water partition coefficient (Wildman–Crippen LogP) is 7.24. The third kappa shape index (κ3) is 5.99. The Kier molecular flexibility index (Phi) is 6.42. The van der Waals surface area contributed by atoms with E-state index in [2.05, 4.69) is 12.1 Å². The standard InChI is InChI=1S/C22H21F3OS/c23-22(24,25)27-20-13-11-19(12-14-20)21(26)15-8-16-6-9-18(10-7-16)17-4-2-1-3-5-17/h6-15,17H,1-5H2/b15-8+. The van der Waals surface area contributed by atoms with Crippen LogP contribution in [0.1, 0.15) is 59.5 Å². The molecule has 0 bridgehead atoms. The number of alkyl halides is 3. The van der Waals surface area contributed by atoms with Crippen LogP contribution >= 0.6 is 11.8 Å². The van der Waals surface area contributed by atoms with Gasteiger partial charge in [-0.15, -0.1) is 0 Å². The fourth-order valence-corrected chi connectivity index (χ4v) is 3.94. The maximum atomic E-state index is 12.3. The molecule has 0 saturated heterocycles. The Morgan fingerprint density at radius 3 is 2.15 bits per heavy atom. The van der Waals surface area contributed by atoms with E-state index >= 15 is 0 Å². The molecule has 0 heterocycles. The highest BCUT2D eigenvalue weighted by Crippen LogP contribution is 2.36. The summed E-state index contributed by atoms with van der Waals surface area (Å²) >= 11 is -0.185. The molecule has 1 aliphatic rings. The van der Waals surface area contributed by atoms with Gasteiger partial charge in [0, 0.05) is 10.5 Å². The molecule has 1 nitrogen and oxygen atoms in total. The third-order valence-corrected chi connectivity index (χ3v) is 5.55. The molecule has 27 heavy (non-hydrogen) atoms. The molecule has 0 radical (unpaired) electrons. The molecule has 2 aromatic carbocycles. The maximum Gasteiger partial charge on any atom is 0.446 e. The highest BCUT2D eigenvalue weighted by Gasteiger charge is 2.29. The Hall–Kier alpha value is -2.01. The lowest BCUT2D eigenvalue weighted by Crippen LogP contribution is -2.04. The Morgan fingerprint density at radius 1 is 0.926 bits per heavy atom. The van der Waals surface area contributed by atoms with Crippen LogP contribution in [0, 0.1) is 0 Å². The van der Waals surface area contributed by atoms with Crippen LogP contribution < -0.4 is 0 Å². The third-order valence-electron chi connectivity index (χ3n) is 4.81. The summed E-state index contributed by atoms with van der Waals surface area (Å²) in [5, 5.41) is 0. The van der Waals surface area contributed by atoms with Gasteiger partial charge in [0.15, 0.2) is 5.78 Å². The number of hydrogen-bond acceptors (Lipinski definition) is 2. The van der Waals surface area contributed by atoms with Gasteiger partial charge in [0.2, 0.25) is 0 Å². The Balaban J connectivity index is 1.60. The molecule has 0 aromatic heterocycles. The second-order valence-corrected chi connectivity index (χ2v) is 7.91. The van der Waals surface area contributed by atoms with Crippen molar-refractivity contribution in [2.75, 3.05) is 0 Å². The van der Waals surface area contributed by atoms with Gasteiger partial charge in [-0.3, -0.25) is 4.79 Å². The smallest absolute Gasteiger partial charge is 0.289 e. The molecule has 0 atom stereocenters. The number of rotatable bonds is 5. The van der Waals surface area contributed by atoms with Crippen LogP contribution in [0.2, 0.25) is 0 Å². The minimum Gasteiger partial charge on any atom is -0.289 e. The van der Waals surface area contributed by atoms with Crippen molar-refractivity contribution in [3.05, 3.63) is 71.3 Å². The molecule has 5 heteroatoms. The Bertz CT molecular complexity index is 786. The van der Waals surface area contributed by atoms with Crippen LogP contribution in [0.25, 0.3) is 6.08 Å². The van der Waals surface area contributed by atoms with E-state index in [1.807, 2.05) is 12.1 Å². The lowest BCUT2D eigenvalue weighted by molar-refractivity contribution is -0.0328. The molecule has 2 aromatic rings. The van der Waals surface area contributed by atoms with Gasteiger partial charge in [-0.25, -0.2) is 0 Å². The van der Waals surface area contributed by atoms with E-state index in [1.54, 1.807) is 6.08 Å². The quantitative estimate of drug-likeness (QED) is 0.304. The van der Waals surface area contributed by atoms with Crippen LogP contribution in [-0.4, -0.2) is 11.3 Å². The van der Waals surface area contributed by atoms with Crippen molar-refractivity contribution >= 4 is 23.6 Å². The summed E-state index contributed by atoms with van der Waals surface area (Å²) in [7, 11) is 0. The van der Waals surface area contributed by atoms with Gasteiger partial charge < -0.3 is 0 Å². The second kappa shape index (κ2) is 8.79. The minimum absolute atomic E-state index is 0.0707. The van der Waals surface area contributed by atoms with Crippen molar-refractivity contribution in [2.24, 2.45) is 0 Å². The molecule has 0 N–H and O–H groups in total. The fraction of sp³-hybridized carbons (Fsp3) is 0.318. The van der Waals surface area contributed by atoms with Crippen molar-refractivity contribution in [1.29, 1.82) is 0 Å². The molecule has 0 amide bonds. The van der Waals surface area contributed by atoms with Crippen LogP contribution in [0.5, 0.6) is 0 Å². The van der Waals surface area contributed by atoms with Gasteiger partial charge in [-0.05, 0) is 72.0 Å². The van der Waals surface area contributed by atoms with Gasteiger partial charge in [0.25, 0.3) is 0 Å². The SMILES string of the molecule is O=C(/C=C/c1ccc(C2CCCCC2)cc1)c1ccc(SC(F)(F)F)cc1. The lowest BCUT2D eigenvalue weighted by atomic mass is 9.84. The molecule has 0 unspecified atom stereocenters. The van der Waals surface area contributed by atoms with E-state index in [0.717, 1.165) is 5.56 Å². The van der Waals surface area contributed by atoms with Crippen molar-refractivity contribution in [3.63, 3.8) is 0 Å². The molecule has 1 aliphatic carbocycles. The van der Waals surface area contributed by atoms with E-state index in [0.29, 0.717) is 11.5 Å². The Morgan fingerprint density at radius 2 is 1.56 bits per heavy atom. The van der Waals surface area contributed by atoms with Crippen molar-refractivity contribution in [1.82, 2.24) is 0 Å². The van der Waals surface area contributed by atoms with E-state index in [9.17, 15) is 18.0 Å². The molecule has 0 spiro atoms. The summed E-state index contributed by atoms with van der Waals surface area (Å²) in [6, 6.07) is 13.8. The maximum absolute atomic E-state index is 12.3. The van der Waals surface area contributed by atoms with Crippen LogP contribution in [-0.2, 0) is 0 Å². The molecule has 1 fully saturated rings. The summed E-state index contributed by atoms with van der Waals surface area (Å²) in [6.07, 6.45) is 9.61. The highest BCUT2D eigenvalue weighted by atomic mass is 32.2. The fourth-order valence-electron chi connectivity index (χ4n) is 3.40. The summed E-state index contributed by atoms with van der Waals surface area (Å²) in [5.41, 5.74) is -1.66. The average Bonchev–Trinajstić information content (AvgIpc) is 2.66. The van der Waals surface area contributed by atoms with Gasteiger partial charge in [-0.2, -0.15) is 13.2 Å². The molecular weight excluding hydrogens is 369 g/mol. The lowest BCUT2D eigenvalue weighted by Gasteiger charge is -2.21. The summed E-state index contributed by atoms with van der Waals surface area (Å²) in [5.74, 6) is 0.418. The van der Waals surface area contributed by atoms with Gasteiger partial charge >= 0.3 is 5.51 Å². The van der Waals surface area contributed by atoms with Crippen molar-refractivity contribution < 1.29 is 18.0 Å². The van der Waals surface area contributed by atoms with Gasteiger partial charge in [-0.1, -0.05) is 49.6 Å². The number of thioether (sulfide) groups is 1. The number of hydrogen-bond donors (Lipinski definition) is 0.